The van der Waals surface area contributed by atoms with E-state index in [1.807, 2.05) is 18.2 Å². The zero-order chi connectivity index (χ0) is 19.3. The standard InChI is InChI=1S/C23H25N3OS/c24-22-21(19-13-14-25-15-20(19)28-22)23(27)26-18-11-9-17(10-12-18)8-4-7-16-5-2-1-3-6-16/h1-3,5-6,9-12,25H,4,7-8,13-15,24H2,(H,26,27). The van der Waals surface area contributed by atoms with Crippen LogP contribution >= 0.6 is 11.3 Å². The van der Waals surface area contributed by atoms with Gasteiger partial charge in [0.05, 0.1) is 10.6 Å². The average Bonchev–Trinajstić information content (AvgIpc) is 3.06. The number of carbonyl (C=O) groups excluding carboxylic acids is 1. The fraction of sp³-hybridized carbons (Fsp3) is 0.261. The predicted molar refractivity (Wildman–Crippen MR) is 117 cm³/mol. The molecule has 0 saturated heterocycles. The van der Waals surface area contributed by atoms with Crippen LogP contribution in [-0.2, 0) is 25.8 Å². The molecule has 1 amide bonds. The number of carbonyl (C=O) groups is 1. The molecule has 0 bridgehead atoms. The summed E-state index contributed by atoms with van der Waals surface area (Å²) in [6.45, 7) is 1.69. The van der Waals surface area contributed by atoms with Crippen LogP contribution in [0.5, 0.6) is 0 Å². The zero-order valence-electron chi connectivity index (χ0n) is 15.8. The Morgan fingerprint density at radius 2 is 1.75 bits per heavy atom. The van der Waals surface area contributed by atoms with Crippen molar-refractivity contribution >= 4 is 27.9 Å². The maximum atomic E-state index is 12.8. The molecule has 28 heavy (non-hydrogen) atoms. The van der Waals surface area contributed by atoms with E-state index in [-0.39, 0.29) is 5.91 Å². The molecule has 1 aliphatic heterocycles. The van der Waals surface area contributed by atoms with Gasteiger partial charge in [0.25, 0.3) is 5.91 Å². The lowest BCUT2D eigenvalue weighted by molar-refractivity contribution is 0.102. The van der Waals surface area contributed by atoms with Gasteiger partial charge < -0.3 is 16.4 Å². The third-order valence-corrected chi connectivity index (χ3v) is 6.23. The van der Waals surface area contributed by atoms with E-state index in [0.717, 1.165) is 50.0 Å². The number of thiophene rings is 1. The van der Waals surface area contributed by atoms with Crippen molar-refractivity contribution in [3.05, 3.63) is 81.7 Å². The highest BCUT2D eigenvalue weighted by Gasteiger charge is 2.23. The molecule has 0 radical (unpaired) electrons. The third kappa shape index (κ3) is 4.26. The highest BCUT2D eigenvalue weighted by molar-refractivity contribution is 7.16. The average molecular weight is 392 g/mol. The molecular formula is C23H25N3OS. The van der Waals surface area contributed by atoms with E-state index < -0.39 is 0 Å². The molecule has 0 fully saturated rings. The molecule has 2 aromatic carbocycles. The van der Waals surface area contributed by atoms with Gasteiger partial charge in [-0.15, -0.1) is 11.3 Å². The molecule has 0 unspecified atom stereocenters. The number of anilines is 2. The van der Waals surface area contributed by atoms with Crippen LogP contribution in [0.15, 0.2) is 54.6 Å². The van der Waals surface area contributed by atoms with Gasteiger partial charge in [0, 0.05) is 17.1 Å². The first-order valence-corrected chi connectivity index (χ1v) is 10.6. The summed E-state index contributed by atoms with van der Waals surface area (Å²) < 4.78 is 0. The van der Waals surface area contributed by atoms with E-state index in [0.29, 0.717) is 10.6 Å². The van der Waals surface area contributed by atoms with Gasteiger partial charge in [0.15, 0.2) is 0 Å². The summed E-state index contributed by atoms with van der Waals surface area (Å²) in [6.07, 6.45) is 4.07. The van der Waals surface area contributed by atoms with Gasteiger partial charge in [-0.25, -0.2) is 0 Å². The van der Waals surface area contributed by atoms with Gasteiger partial charge in [0.1, 0.15) is 0 Å². The highest BCUT2D eigenvalue weighted by Crippen LogP contribution is 2.33. The molecule has 4 nitrogen and oxygen atoms in total. The topological polar surface area (TPSA) is 67.2 Å². The second-order valence-corrected chi connectivity index (χ2v) is 8.30. The summed E-state index contributed by atoms with van der Waals surface area (Å²) >= 11 is 1.52. The predicted octanol–water partition coefficient (Wildman–Crippen LogP) is 4.40. The minimum atomic E-state index is -0.103. The Morgan fingerprint density at radius 1 is 1.04 bits per heavy atom. The molecule has 1 aliphatic rings. The Hall–Kier alpha value is -2.63. The van der Waals surface area contributed by atoms with Gasteiger partial charge in [-0.3, -0.25) is 4.79 Å². The lowest BCUT2D eigenvalue weighted by Crippen LogP contribution is -2.24. The lowest BCUT2D eigenvalue weighted by Gasteiger charge is -2.14. The number of nitrogens with one attached hydrogen (secondary N) is 2. The number of aryl methyl sites for hydroxylation is 2. The first-order valence-electron chi connectivity index (χ1n) is 9.75. The molecule has 0 aliphatic carbocycles. The van der Waals surface area contributed by atoms with E-state index in [2.05, 4.69) is 47.0 Å². The smallest absolute Gasteiger partial charge is 0.258 e. The molecular weight excluding hydrogens is 366 g/mol. The number of nitrogen functional groups attached to an aromatic ring is 1. The van der Waals surface area contributed by atoms with Crippen LogP contribution in [0.4, 0.5) is 10.7 Å². The molecule has 0 spiro atoms. The van der Waals surface area contributed by atoms with Crippen molar-refractivity contribution in [1.29, 1.82) is 0 Å². The Kier molecular flexibility index (Phi) is 5.74. The molecule has 2 heterocycles. The number of nitrogens with two attached hydrogens (primary N) is 1. The number of hydrogen-bond acceptors (Lipinski definition) is 4. The summed E-state index contributed by atoms with van der Waals surface area (Å²) in [5.41, 5.74) is 11.4. The number of benzene rings is 2. The Morgan fingerprint density at radius 3 is 2.50 bits per heavy atom. The second-order valence-electron chi connectivity index (χ2n) is 7.16. The quantitative estimate of drug-likeness (QED) is 0.583. The largest absolute Gasteiger partial charge is 0.390 e. The molecule has 0 saturated carbocycles. The van der Waals surface area contributed by atoms with Crippen molar-refractivity contribution in [3.63, 3.8) is 0 Å². The SMILES string of the molecule is Nc1sc2c(c1C(=O)Nc1ccc(CCCc3ccccc3)cc1)CCNC2. The fourth-order valence-corrected chi connectivity index (χ4v) is 4.78. The first-order chi connectivity index (χ1) is 13.7. The second kappa shape index (κ2) is 8.59. The number of amides is 1. The molecule has 3 aromatic rings. The molecule has 4 N–H and O–H groups in total. The summed E-state index contributed by atoms with van der Waals surface area (Å²) in [4.78, 5) is 14.0. The zero-order valence-corrected chi connectivity index (χ0v) is 16.6. The molecule has 4 rings (SSSR count). The van der Waals surface area contributed by atoms with Crippen LogP contribution in [-0.4, -0.2) is 12.5 Å². The van der Waals surface area contributed by atoms with Crippen LogP contribution in [0.1, 0.15) is 38.3 Å². The van der Waals surface area contributed by atoms with E-state index in [4.69, 9.17) is 5.73 Å². The van der Waals surface area contributed by atoms with E-state index in [1.54, 1.807) is 0 Å². The van der Waals surface area contributed by atoms with Crippen molar-refractivity contribution in [2.24, 2.45) is 0 Å². The lowest BCUT2D eigenvalue weighted by atomic mass is 10.0. The summed E-state index contributed by atoms with van der Waals surface area (Å²) in [5, 5.41) is 6.95. The van der Waals surface area contributed by atoms with E-state index in [9.17, 15) is 4.79 Å². The van der Waals surface area contributed by atoms with Crippen LogP contribution in [0.2, 0.25) is 0 Å². The van der Waals surface area contributed by atoms with Crippen LogP contribution < -0.4 is 16.4 Å². The monoisotopic (exact) mass is 391 g/mol. The number of hydrogen-bond donors (Lipinski definition) is 3. The van der Waals surface area contributed by atoms with Crippen molar-refractivity contribution in [1.82, 2.24) is 5.32 Å². The summed E-state index contributed by atoms with van der Waals surface area (Å²) in [6, 6.07) is 18.7. The minimum absolute atomic E-state index is 0.103. The van der Waals surface area contributed by atoms with Crippen molar-refractivity contribution in [3.8, 4) is 0 Å². The molecule has 1 aromatic heterocycles. The van der Waals surface area contributed by atoms with Gasteiger partial charge in [-0.1, -0.05) is 42.5 Å². The summed E-state index contributed by atoms with van der Waals surface area (Å²) in [7, 11) is 0. The number of fused-ring (bicyclic) bond motifs is 1. The first kappa shape index (κ1) is 18.7. The van der Waals surface area contributed by atoms with Gasteiger partial charge >= 0.3 is 0 Å². The maximum absolute atomic E-state index is 12.8. The van der Waals surface area contributed by atoms with Gasteiger partial charge in [0.2, 0.25) is 0 Å². The van der Waals surface area contributed by atoms with Crippen LogP contribution in [0, 0.1) is 0 Å². The summed E-state index contributed by atoms with van der Waals surface area (Å²) in [5.74, 6) is -0.103. The normalized spacial score (nSPS) is 13.1. The highest BCUT2D eigenvalue weighted by atomic mass is 32.1. The minimum Gasteiger partial charge on any atom is -0.390 e. The van der Waals surface area contributed by atoms with Crippen LogP contribution in [0.25, 0.3) is 0 Å². The Balaban J connectivity index is 1.35. The van der Waals surface area contributed by atoms with Crippen molar-refractivity contribution in [2.45, 2.75) is 32.2 Å². The molecule has 5 heteroatoms. The third-order valence-electron chi connectivity index (χ3n) is 5.17. The Labute approximate surface area is 169 Å². The van der Waals surface area contributed by atoms with Crippen LogP contribution in [0.3, 0.4) is 0 Å². The van der Waals surface area contributed by atoms with E-state index >= 15 is 0 Å². The van der Waals surface area contributed by atoms with Crippen molar-refractivity contribution in [2.75, 3.05) is 17.6 Å². The van der Waals surface area contributed by atoms with E-state index in [1.165, 1.54) is 27.3 Å². The van der Waals surface area contributed by atoms with Gasteiger partial charge in [-0.2, -0.15) is 0 Å². The fourth-order valence-electron chi connectivity index (χ4n) is 3.69. The Bertz CT molecular complexity index is 948. The van der Waals surface area contributed by atoms with Gasteiger partial charge in [-0.05, 0) is 61.1 Å². The van der Waals surface area contributed by atoms with Crippen molar-refractivity contribution < 1.29 is 4.79 Å². The number of rotatable bonds is 6. The molecule has 144 valence electrons. The molecule has 0 atom stereocenters. The maximum Gasteiger partial charge on any atom is 0.258 e.